The molecule has 10 nitrogen and oxygen atoms in total. The molecule has 0 amide bonds. The number of hydrogen-bond acceptors (Lipinski definition) is 9. The van der Waals surface area contributed by atoms with E-state index < -0.39 is 17.5 Å². The van der Waals surface area contributed by atoms with Crippen molar-refractivity contribution in [3.63, 3.8) is 0 Å². The first-order valence-electron chi connectivity index (χ1n) is 11.8. The molecular weight excluding hydrogens is 523 g/mol. The summed E-state index contributed by atoms with van der Waals surface area (Å²) >= 11 is 5.43. The average Bonchev–Trinajstić information content (AvgIpc) is 3.44. The van der Waals surface area contributed by atoms with Crippen molar-refractivity contribution in [3.8, 4) is 28.5 Å². The van der Waals surface area contributed by atoms with Crippen LogP contribution in [0.2, 0.25) is 0 Å². The van der Waals surface area contributed by atoms with Gasteiger partial charge in [0.15, 0.2) is 11.4 Å². The Bertz CT molecular complexity index is 2090. The van der Waals surface area contributed by atoms with Gasteiger partial charge in [0.2, 0.25) is 16.6 Å². The minimum Gasteiger partial charge on any atom is -0.496 e. The van der Waals surface area contributed by atoms with Crippen LogP contribution in [0.5, 0.6) is 17.4 Å². The lowest BCUT2D eigenvalue weighted by atomic mass is 9.83. The topological polar surface area (TPSA) is 120 Å². The van der Waals surface area contributed by atoms with Gasteiger partial charge in [-0.15, -0.1) is 5.10 Å². The molecule has 0 radical (unpaired) electrons. The summed E-state index contributed by atoms with van der Waals surface area (Å²) in [6, 6.07) is 14.3. The Hall–Kier alpha value is -4.97. The van der Waals surface area contributed by atoms with Crippen molar-refractivity contribution in [2.24, 2.45) is 0 Å². The van der Waals surface area contributed by atoms with E-state index in [1.165, 1.54) is 10.7 Å². The number of methoxy groups -OCH3 is 1. The molecule has 6 aromatic rings. The third-order valence-electron chi connectivity index (χ3n) is 6.82. The van der Waals surface area contributed by atoms with E-state index >= 15 is 0 Å². The highest BCUT2D eigenvalue weighted by molar-refractivity contribution is 7.71. The van der Waals surface area contributed by atoms with Crippen LogP contribution in [0.1, 0.15) is 28.2 Å². The van der Waals surface area contributed by atoms with Crippen molar-refractivity contribution in [1.29, 1.82) is 0 Å². The molecule has 0 aliphatic carbocycles. The number of nitrogens with zero attached hydrogens (tertiary/aromatic N) is 5. The Balaban J connectivity index is 1.57. The molecule has 0 spiro atoms. The fraction of sp³-hybridized carbons (Fsp3) is 0.111. The van der Waals surface area contributed by atoms with E-state index in [0.29, 0.717) is 55.9 Å². The molecule has 1 aliphatic heterocycles. The lowest BCUT2D eigenvalue weighted by Crippen LogP contribution is -2.22. The minimum atomic E-state index is -0.730. The van der Waals surface area contributed by atoms with Crippen LogP contribution >= 0.6 is 12.2 Å². The first-order valence-corrected chi connectivity index (χ1v) is 12.2. The molecule has 7 rings (SSSR count). The number of tetrazole rings is 1. The lowest BCUT2D eigenvalue weighted by Gasteiger charge is -2.27. The number of fused-ring (bicyclic) bond motifs is 6. The number of H-pyrrole nitrogens is 1. The third kappa shape index (κ3) is 3.45. The maximum absolute atomic E-state index is 14.0. The number of aromatic amines is 1. The van der Waals surface area contributed by atoms with Crippen LogP contribution in [0.4, 0.5) is 4.39 Å². The predicted molar refractivity (Wildman–Crippen MR) is 140 cm³/mol. The van der Waals surface area contributed by atoms with Gasteiger partial charge in [0.25, 0.3) is 0 Å². The summed E-state index contributed by atoms with van der Waals surface area (Å²) < 4.78 is 33.2. The summed E-state index contributed by atoms with van der Waals surface area (Å²) in [7, 11) is 1.55. The maximum atomic E-state index is 14.0. The van der Waals surface area contributed by atoms with Crippen LogP contribution in [-0.4, -0.2) is 37.1 Å². The summed E-state index contributed by atoms with van der Waals surface area (Å²) in [4.78, 5) is 21.9. The molecule has 5 heterocycles. The summed E-state index contributed by atoms with van der Waals surface area (Å²) in [5, 5.41) is 11.4. The van der Waals surface area contributed by atoms with Gasteiger partial charge < -0.3 is 13.9 Å². The van der Waals surface area contributed by atoms with E-state index in [4.69, 9.17) is 26.1 Å². The Labute approximate surface area is 223 Å². The molecule has 0 saturated heterocycles. The number of hydrogen-bond donors (Lipinski definition) is 1. The van der Waals surface area contributed by atoms with Crippen LogP contribution < -0.4 is 15.1 Å². The highest BCUT2D eigenvalue weighted by Gasteiger charge is 2.38. The quantitative estimate of drug-likeness (QED) is 0.186. The van der Waals surface area contributed by atoms with Gasteiger partial charge >= 0.3 is 5.63 Å². The number of aromatic nitrogens is 6. The number of aryl methyl sites for hydroxylation is 1. The zero-order chi connectivity index (χ0) is 26.8. The normalized spacial score (nSPS) is 14.2. The van der Waals surface area contributed by atoms with Crippen molar-refractivity contribution in [1.82, 2.24) is 30.0 Å². The Kier molecular flexibility index (Phi) is 5.07. The molecule has 0 fully saturated rings. The molecule has 0 saturated carbocycles. The summed E-state index contributed by atoms with van der Waals surface area (Å²) in [6.45, 7) is 1.64. The molecule has 1 N–H and O–H groups in total. The highest BCUT2D eigenvalue weighted by atomic mass is 32.1. The Morgan fingerprint density at radius 2 is 2.00 bits per heavy atom. The molecule has 1 unspecified atom stereocenters. The van der Waals surface area contributed by atoms with Crippen molar-refractivity contribution < 1.29 is 18.3 Å². The molecule has 2 aromatic carbocycles. The van der Waals surface area contributed by atoms with Crippen molar-refractivity contribution >= 4 is 28.8 Å². The van der Waals surface area contributed by atoms with Crippen LogP contribution in [0.25, 0.3) is 27.7 Å². The summed E-state index contributed by atoms with van der Waals surface area (Å²) in [5.74, 6) is -0.206. The van der Waals surface area contributed by atoms with Crippen LogP contribution in [0.15, 0.2) is 63.9 Å². The van der Waals surface area contributed by atoms with Gasteiger partial charge in [-0.1, -0.05) is 23.4 Å². The first kappa shape index (κ1) is 23.2. The van der Waals surface area contributed by atoms with Gasteiger partial charge in [-0.25, -0.2) is 9.78 Å². The molecule has 1 aliphatic rings. The summed E-state index contributed by atoms with van der Waals surface area (Å²) in [5.41, 5.74) is 3.29. The van der Waals surface area contributed by atoms with Crippen molar-refractivity contribution in [2.45, 2.75) is 12.8 Å². The van der Waals surface area contributed by atoms with Crippen LogP contribution in [0, 0.1) is 17.6 Å². The molecular formula is C27H17FN6O4S. The van der Waals surface area contributed by atoms with E-state index in [1.54, 1.807) is 38.3 Å². The van der Waals surface area contributed by atoms with E-state index in [-0.39, 0.29) is 16.2 Å². The van der Waals surface area contributed by atoms with E-state index in [1.807, 2.05) is 24.3 Å². The number of halogens is 1. The molecule has 4 aromatic heterocycles. The minimum absolute atomic E-state index is 0.159. The molecule has 12 heteroatoms. The number of ether oxygens (including phenoxy) is 2. The largest absolute Gasteiger partial charge is 0.496 e. The molecule has 39 heavy (non-hydrogen) atoms. The zero-order valence-electron chi connectivity index (χ0n) is 20.4. The maximum Gasteiger partial charge on any atom is 0.344 e. The fourth-order valence-electron chi connectivity index (χ4n) is 5.04. The smallest absolute Gasteiger partial charge is 0.344 e. The molecule has 1 atom stereocenters. The van der Waals surface area contributed by atoms with Gasteiger partial charge in [0.05, 0.1) is 29.5 Å². The van der Waals surface area contributed by atoms with Gasteiger partial charge in [-0.05, 0) is 55.0 Å². The lowest BCUT2D eigenvalue weighted by molar-refractivity contribution is 0.415. The molecule has 0 bridgehead atoms. The number of benzene rings is 2. The zero-order valence-corrected chi connectivity index (χ0v) is 21.2. The fourth-order valence-corrected chi connectivity index (χ4v) is 5.25. The van der Waals surface area contributed by atoms with E-state index in [9.17, 15) is 9.18 Å². The standard InChI is InChI=1S/C27H17FN6O4S/c1-12-9-14(11-29-23(12)28)16-10-13(7-8-17(16)36-2)19-20-22(15-5-3-4-6-18(15)37-26(20)35)38-25-21(19)24-31-32-33-34(24)27(39)30-25/h3-11,19H,1-2H3,(H,31,33). The number of nitrogens with one attached hydrogen (secondary N) is 1. The number of para-hydroxylation sites is 1. The molecule has 192 valence electrons. The summed E-state index contributed by atoms with van der Waals surface area (Å²) in [6.07, 6.45) is 1.44. The van der Waals surface area contributed by atoms with Crippen LogP contribution in [0.3, 0.4) is 0 Å². The monoisotopic (exact) mass is 540 g/mol. The second kappa shape index (κ2) is 8.53. The van der Waals surface area contributed by atoms with Gasteiger partial charge in [0, 0.05) is 22.9 Å². The first-order chi connectivity index (χ1) is 18.9. The van der Waals surface area contributed by atoms with E-state index in [0.717, 1.165) is 0 Å². The van der Waals surface area contributed by atoms with Crippen molar-refractivity contribution in [2.75, 3.05) is 7.11 Å². The second-order valence-electron chi connectivity index (χ2n) is 9.03. The third-order valence-corrected chi connectivity index (χ3v) is 7.09. The Morgan fingerprint density at radius 1 is 1.15 bits per heavy atom. The predicted octanol–water partition coefficient (Wildman–Crippen LogP) is 5.09. The van der Waals surface area contributed by atoms with Crippen molar-refractivity contribution in [3.05, 3.63) is 98.1 Å². The second-order valence-corrected chi connectivity index (χ2v) is 9.39. The van der Waals surface area contributed by atoms with Crippen LogP contribution in [-0.2, 0) is 0 Å². The highest BCUT2D eigenvalue weighted by Crippen LogP contribution is 2.49. The van der Waals surface area contributed by atoms with Gasteiger partial charge in [0.1, 0.15) is 11.3 Å². The van der Waals surface area contributed by atoms with Gasteiger partial charge in [-0.2, -0.15) is 19.1 Å². The Morgan fingerprint density at radius 3 is 2.82 bits per heavy atom. The SMILES string of the molecule is COc1ccc(C2c3c(c4ccccc4oc3=O)Oc3nc(=S)n4[nH]nnc4c32)cc1-c1cnc(F)c(C)c1. The average molecular weight is 541 g/mol. The van der Waals surface area contributed by atoms with E-state index in [2.05, 4.69) is 25.5 Å². The van der Waals surface area contributed by atoms with Gasteiger partial charge in [-0.3, -0.25) is 0 Å². The number of pyridine rings is 1. The number of rotatable bonds is 3.